The van der Waals surface area contributed by atoms with Crippen LogP contribution in [-0.2, 0) is 9.53 Å². The van der Waals surface area contributed by atoms with Crippen LogP contribution in [0.3, 0.4) is 0 Å². The highest BCUT2D eigenvalue weighted by Gasteiger charge is 2.21. The molecule has 0 bridgehead atoms. The molecule has 1 N–H and O–H groups in total. The highest BCUT2D eigenvalue weighted by atomic mass is 32.2. The summed E-state index contributed by atoms with van der Waals surface area (Å²) in [4.78, 5) is 25.5. The van der Waals surface area contributed by atoms with Crippen LogP contribution in [0.5, 0.6) is 11.5 Å². The van der Waals surface area contributed by atoms with Crippen molar-refractivity contribution >= 4 is 29.3 Å². The highest BCUT2D eigenvalue weighted by molar-refractivity contribution is 7.98. The first-order valence-electron chi connectivity index (χ1n) is 8.13. The van der Waals surface area contributed by atoms with Crippen LogP contribution in [0, 0.1) is 0 Å². The van der Waals surface area contributed by atoms with Crippen LogP contribution < -0.4 is 14.8 Å². The van der Waals surface area contributed by atoms with E-state index < -0.39 is 18.0 Å². The van der Waals surface area contributed by atoms with E-state index in [-0.39, 0.29) is 0 Å². The van der Waals surface area contributed by atoms with Gasteiger partial charge in [0.25, 0.3) is 5.91 Å². The van der Waals surface area contributed by atoms with Gasteiger partial charge in [-0.05, 0) is 37.4 Å². The van der Waals surface area contributed by atoms with Crippen molar-refractivity contribution in [2.24, 2.45) is 0 Å². The number of carbonyl (C=O) groups is 2. The standard InChI is InChI=1S/C19H19NO5S/c1-12(25-19(22)14-5-3-4-6-17(14)26-2)18(21)20-13-7-8-15-16(11-13)24-10-9-23-15/h3-8,11-12H,9-10H2,1-2H3,(H,20,21)/t12-/m0/s1. The van der Waals surface area contributed by atoms with Gasteiger partial charge < -0.3 is 19.5 Å². The molecule has 136 valence electrons. The second-order valence-corrected chi connectivity index (χ2v) is 6.44. The highest BCUT2D eigenvalue weighted by Crippen LogP contribution is 2.32. The Balaban J connectivity index is 1.63. The van der Waals surface area contributed by atoms with Gasteiger partial charge in [0.15, 0.2) is 17.6 Å². The number of amides is 1. The molecular formula is C19H19NO5S. The van der Waals surface area contributed by atoms with E-state index >= 15 is 0 Å². The molecule has 1 aliphatic rings. The Kier molecular flexibility index (Phi) is 5.68. The number of thioether (sulfide) groups is 1. The lowest BCUT2D eigenvalue weighted by molar-refractivity contribution is -0.123. The third-order valence-corrected chi connectivity index (χ3v) is 4.59. The van der Waals surface area contributed by atoms with E-state index in [1.165, 1.54) is 18.7 Å². The molecule has 26 heavy (non-hydrogen) atoms. The molecule has 0 aromatic heterocycles. The molecule has 0 spiro atoms. The van der Waals surface area contributed by atoms with Crippen LogP contribution in [-0.4, -0.2) is 37.4 Å². The monoisotopic (exact) mass is 373 g/mol. The van der Waals surface area contributed by atoms with Crippen LogP contribution in [0.1, 0.15) is 17.3 Å². The molecule has 3 rings (SSSR count). The van der Waals surface area contributed by atoms with Crippen molar-refractivity contribution in [1.29, 1.82) is 0 Å². The minimum absolute atomic E-state index is 0.420. The summed E-state index contributed by atoms with van der Waals surface area (Å²) in [5.74, 6) is 0.270. The molecule has 6 nitrogen and oxygen atoms in total. The maximum Gasteiger partial charge on any atom is 0.340 e. The Bertz CT molecular complexity index is 823. The molecule has 7 heteroatoms. The molecule has 2 aromatic rings. The van der Waals surface area contributed by atoms with E-state index in [1.807, 2.05) is 18.4 Å². The molecule has 0 radical (unpaired) electrons. The van der Waals surface area contributed by atoms with Gasteiger partial charge in [0.1, 0.15) is 13.2 Å². The second-order valence-electron chi connectivity index (χ2n) is 5.60. The van der Waals surface area contributed by atoms with Crippen molar-refractivity contribution in [1.82, 2.24) is 0 Å². The van der Waals surface area contributed by atoms with Crippen molar-refractivity contribution < 1.29 is 23.8 Å². The predicted octanol–water partition coefficient (Wildman–Crippen LogP) is 3.36. The number of carbonyl (C=O) groups excluding carboxylic acids is 2. The van der Waals surface area contributed by atoms with Crippen molar-refractivity contribution in [3.05, 3.63) is 48.0 Å². The van der Waals surface area contributed by atoms with Gasteiger partial charge in [0.2, 0.25) is 0 Å². The largest absolute Gasteiger partial charge is 0.486 e. The first kappa shape index (κ1) is 18.1. The number of esters is 1. The van der Waals surface area contributed by atoms with Gasteiger partial charge in [-0.25, -0.2) is 4.79 Å². The minimum Gasteiger partial charge on any atom is -0.486 e. The molecule has 1 atom stereocenters. The Labute approximate surface area is 155 Å². The fourth-order valence-corrected chi connectivity index (χ4v) is 3.04. The second kappa shape index (κ2) is 8.14. The van der Waals surface area contributed by atoms with Crippen molar-refractivity contribution in [2.45, 2.75) is 17.9 Å². The number of ether oxygens (including phenoxy) is 3. The maximum absolute atomic E-state index is 12.3. The molecule has 0 unspecified atom stereocenters. The third kappa shape index (κ3) is 4.11. The molecule has 0 aliphatic carbocycles. The summed E-state index contributed by atoms with van der Waals surface area (Å²) in [6.07, 6.45) is 0.940. The number of benzene rings is 2. The van der Waals surface area contributed by atoms with E-state index in [0.29, 0.717) is 36.0 Å². The van der Waals surface area contributed by atoms with Gasteiger partial charge in [-0.15, -0.1) is 11.8 Å². The fourth-order valence-electron chi connectivity index (χ4n) is 2.46. The third-order valence-electron chi connectivity index (χ3n) is 3.79. The maximum atomic E-state index is 12.3. The zero-order valence-corrected chi connectivity index (χ0v) is 15.3. The SMILES string of the molecule is CSc1ccccc1C(=O)O[C@@H](C)C(=O)Nc1ccc2c(c1)OCCO2. The fraction of sp³-hybridized carbons (Fsp3) is 0.263. The average Bonchev–Trinajstić information content (AvgIpc) is 2.67. The Morgan fingerprint density at radius 1 is 1.12 bits per heavy atom. The van der Waals surface area contributed by atoms with Gasteiger partial charge >= 0.3 is 5.97 Å². The number of hydrogen-bond donors (Lipinski definition) is 1. The van der Waals surface area contributed by atoms with Gasteiger partial charge in [-0.2, -0.15) is 0 Å². The number of fused-ring (bicyclic) bond motifs is 1. The van der Waals surface area contributed by atoms with Gasteiger partial charge in [0.05, 0.1) is 5.56 Å². The lowest BCUT2D eigenvalue weighted by Gasteiger charge is -2.19. The van der Waals surface area contributed by atoms with Gasteiger partial charge in [0, 0.05) is 16.6 Å². The first-order valence-corrected chi connectivity index (χ1v) is 9.35. The minimum atomic E-state index is -0.939. The van der Waals surface area contributed by atoms with Crippen LogP contribution >= 0.6 is 11.8 Å². The molecular weight excluding hydrogens is 354 g/mol. The predicted molar refractivity (Wildman–Crippen MR) is 99.2 cm³/mol. The normalized spacial score (nSPS) is 13.6. The zero-order valence-electron chi connectivity index (χ0n) is 14.5. The summed E-state index contributed by atoms with van der Waals surface area (Å²) < 4.78 is 16.2. The average molecular weight is 373 g/mol. The van der Waals surface area contributed by atoms with E-state index in [2.05, 4.69) is 5.32 Å². The zero-order chi connectivity index (χ0) is 18.5. The van der Waals surface area contributed by atoms with Crippen molar-refractivity contribution in [3.8, 4) is 11.5 Å². The number of rotatable bonds is 5. The summed E-state index contributed by atoms with van der Waals surface area (Å²) in [6.45, 7) is 2.50. The van der Waals surface area contributed by atoms with Crippen LogP contribution in [0.4, 0.5) is 5.69 Å². The summed E-state index contributed by atoms with van der Waals surface area (Å²) >= 11 is 1.45. The van der Waals surface area contributed by atoms with E-state index in [4.69, 9.17) is 14.2 Å². The van der Waals surface area contributed by atoms with Crippen molar-refractivity contribution in [2.75, 3.05) is 24.8 Å². The number of anilines is 1. The van der Waals surface area contributed by atoms with E-state index in [0.717, 1.165) is 4.90 Å². The lowest BCUT2D eigenvalue weighted by Crippen LogP contribution is -2.30. The van der Waals surface area contributed by atoms with Crippen LogP contribution in [0.15, 0.2) is 47.4 Å². The van der Waals surface area contributed by atoms with Crippen molar-refractivity contribution in [3.63, 3.8) is 0 Å². The first-order chi connectivity index (χ1) is 12.6. The van der Waals surface area contributed by atoms with Gasteiger partial charge in [-0.1, -0.05) is 12.1 Å². The Morgan fingerprint density at radius 2 is 1.85 bits per heavy atom. The summed E-state index contributed by atoms with van der Waals surface area (Å²) in [7, 11) is 0. The summed E-state index contributed by atoms with van der Waals surface area (Å²) in [5.41, 5.74) is 0.991. The van der Waals surface area contributed by atoms with E-state index in [9.17, 15) is 9.59 Å². The number of hydrogen-bond acceptors (Lipinski definition) is 6. The Morgan fingerprint density at radius 3 is 2.62 bits per heavy atom. The summed E-state index contributed by atoms with van der Waals surface area (Å²) in [5, 5.41) is 2.72. The smallest absolute Gasteiger partial charge is 0.340 e. The quantitative estimate of drug-likeness (QED) is 0.640. The molecule has 1 amide bonds. The van der Waals surface area contributed by atoms with Gasteiger partial charge in [-0.3, -0.25) is 4.79 Å². The summed E-state index contributed by atoms with van der Waals surface area (Å²) in [6, 6.07) is 12.3. The molecule has 0 fully saturated rings. The van der Waals surface area contributed by atoms with E-state index in [1.54, 1.807) is 30.3 Å². The molecule has 0 saturated carbocycles. The Hall–Kier alpha value is -2.67. The number of nitrogens with one attached hydrogen (secondary N) is 1. The lowest BCUT2D eigenvalue weighted by atomic mass is 10.2. The molecule has 0 saturated heterocycles. The molecule has 2 aromatic carbocycles. The topological polar surface area (TPSA) is 73.9 Å². The molecule has 1 aliphatic heterocycles. The van der Waals surface area contributed by atoms with Crippen LogP contribution in [0.2, 0.25) is 0 Å². The molecule has 1 heterocycles. The van der Waals surface area contributed by atoms with Crippen LogP contribution in [0.25, 0.3) is 0 Å².